The third-order valence-corrected chi connectivity index (χ3v) is 2.42. The van der Waals surface area contributed by atoms with E-state index in [-0.39, 0.29) is 0 Å². The number of rotatable bonds is 0. The van der Waals surface area contributed by atoms with Crippen molar-refractivity contribution in [1.82, 2.24) is 0 Å². The average Bonchev–Trinajstić information content (AvgIpc) is 2.15. The minimum atomic E-state index is 0.381. The number of hydrogen-bond donors (Lipinski definition) is 1. The van der Waals surface area contributed by atoms with Gasteiger partial charge in [-0.2, -0.15) is 0 Å². The summed E-state index contributed by atoms with van der Waals surface area (Å²) in [7, 11) is 0. The molecule has 0 amide bonds. The molecule has 0 saturated heterocycles. The topological polar surface area (TPSA) is 20.2 Å². The van der Waals surface area contributed by atoms with Crippen LogP contribution in [0.3, 0.4) is 0 Å². The fraction of sp³-hybridized carbons (Fsp3) is 0.167. The van der Waals surface area contributed by atoms with Gasteiger partial charge in [-0.25, -0.2) is 0 Å². The van der Waals surface area contributed by atoms with Crippen LogP contribution in [0.1, 0.15) is 11.1 Å². The molecule has 2 aromatic carbocycles. The number of hydrogen-bond acceptors (Lipinski definition) is 1. The van der Waals surface area contributed by atoms with Crippen molar-refractivity contribution in [2.75, 3.05) is 0 Å². The summed E-state index contributed by atoms with van der Waals surface area (Å²) in [5, 5.41) is 11.7. The molecule has 0 aromatic heterocycles. The van der Waals surface area contributed by atoms with E-state index < -0.39 is 0 Å². The van der Waals surface area contributed by atoms with Crippen molar-refractivity contribution in [1.29, 1.82) is 0 Å². The zero-order valence-corrected chi connectivity index (χ0v) is 7.76. The summed E-state index contributed by atoms with van der Waals surface area (Å²) in [4.78, 5) is 0. The van der Waals surface area contributed by atoms with Crippen molar-refractivity contribution in [2.24, 2.45) is 0 Å². The van der Waals surface area contributed by atoms with Crippen LogP contribution in [-0.2, 0) is 0 Å². The summed E-state index contributed by atoms with van der Waals surface area (Å²) < 4.78 is 0. The highest BCUT2D eigenvalue weighted by Crippen LogP contribution is 2.29. The lowest BCUT2D eigenvalue weighted by atomic mass is 10.0. The molecule has 0 saturated carbocycles. The SMILES string of the molecule is Cc1[c]c2ccccc2c(O)c1C. The van der Waals surface area contributed by atoms with Crippen LogP contribution in [0.4, 0.5) is 0 Å². The van der Waals surface area contributed by atoms with E-state index in [1.807, 2.05) is 38.1 Å². The molecule has 0 fully saturated rings. The summed E-state index contributed by atoms with van der Waals surface area (Å²) in [5.41, 5.74) is 1.93. The Hall–Kier alpha value is -1.50. The zero-order chi connectivity index (χ0) is 9.42. The van der Waals surface area contributed by atoms with E-state index in [9.17, 15) is 5.11 Å². The summed E-state index contributed by atoms with van der Waals surface area (Å²) in [6, 6.07) is 11.0. The lowest BCUT2D eigenvalue weighted by molar-refractivity contribution is 0.477. The first kappa shape index (κ1) is 8.11. The first-order chi connectivity index (χ1) is 6.20. The van der Waals surface area contributed by atoms with E-state index in [1.54, 1.807) is 0 Å². The van der Waals surface area contributed by atoms with E-state index in [1.165, 1.54) is 0 Å². The van der Waals surface area contributed by atoms with Crippen LogP contribution >= 0.6 is 0 Å². The summed E-state index contributed by atoms with van der Waals surface area (Å²) in [6.07, 6.45) is 0. The second kappa shape index (κ2) is 2.77. The van der Waals surface area contributed by atoms with Crippen molar-refractivity contribution in [3.8, 4) is 5.75 Å². The minimum absolute atomic E-state index is 0.381. The molecule has 2 rings (SSSR count). The molecule has 2 aromatic rings. The standard InChI is InChI=1S/C12H11O/c1-8-7-10-5-3-4-6-11(10)12(13)9(8)2/h3-6,13H,1-2H3. The smallest absolute Gasteiger partial charge is 0.126 e. The van der Waals surface area contributed by atoms with Crippen molar-refractivity contribution in [3.05, 3.63) is 41.5 Å². The normalized spacial score (nSPS) is 10.6. The number of phenols is 1. The van der Waals surface area contributed by atoms with Crippen LogP contribution in [-0.4, -0.2) is 5.11 Å². The van der Waals surface area contributed by atoms with E-state index in [0.717, 1.165) is 21.9 Å². The number of fused-ring (bicyclic) bond motifs is 1. The Balaban J connectivity index is 2.94. The van der Waals surface area contributed by atoms with Gasteiger partial charge in [0.15, 0.2) is 0 Å². The Morgan fingerprint density at radius 1 is 1.15 bits per heavy atom. The minimum Gasteiger partial charge on any atom is -0.507 e. The maximum Gasteiger partial charge on any atom is 0.126 e. The van der Waals surface area contributed by atoms with Gasteiger partial charge in [0.2, 0.25) is 0 Å². The van der Waals surface area contributed by atoms with Gasteiger partial charge in [-0.3, -0.25) is 0 Å². The van der Waals surface area contributed by atoms with E-state index in [2.05, 4.69) is 6.07 Å². The van der Waals surface area contributed by atoms with Crippen LogP contribution in [0.5, 0.6) is 5.75 Å². The Morgan fingerprint density at radius 3 is 2.62 bits per heavy atom. The third kappa shape index (κ3) is 1.17. The third-order valence-electron chi connectivity index (χ3n) is 2.42. The summed E-state index contributed by atoms with van der Waals surface area (Å²) in [6.45, 7) is 3.87. The molecule has 0 heterocycles. The highest BCUT2D eigenvalue weighted by molar-refractivity contribution is 5.89. The lowest BCUT2D eigenvalue weighted by Gasteiger charge is -2.06. The van der Waals surface area contributed by atoms with Crippen molar-refractivity contribution in [3.63, 3.8) is 0 Å². The fourth-order valence-corrected chi connectivity index (χ4v) is 1.47. The monoisotopic (exact) mass is 171 g/mol. The van der Waals surface area contributed by atoms with Gasteiger partial charge in [0, 0.05) is 5.39 Å². The molecule has 0 aliphatic carbocycles. The molecule has 65 valence electrons. The second-order valence-corrected chi connectivity index (χ2v) is 3.27. The van der Waals surface area contributed by atoms with Gasteiger partial charge in [0.05, 0.1) is 0 Å². The van der Waals surface area contributed by atoms with Gasteiger partial charge in [-0.15, -0.1) is 0 Å². The van der Waals surface area contributed by atoms with E-state index in [0.29, 0.717) is 5.75 Å². The van der Waals surface area contributed by atoms with E-state index in [4.69, 9.17) is 0 Å². The Kier molecular flexibility index (Phi) is 1.73. The molecule has 1 N–H and O–H groups in total. The summed E-state index contributed by atoms with van der Waals surface area (Å²) >= 11 is 0. The largest absolute Gasteiger partial charge is 0.507 e. The first-order valence-electron chi connectivity index (χ1n) is 4.30. The highest BCUT2D eigenvalue weighted by atomic mass is 16.3. The molecular formula is C12H11O. The quantitative estimate of drug-likeness (QED) is 0.646. The predicted octanol–water partition coefficient (Wildman–Crippen LogP) is 2.96. The Morgan fingerprint density at radius 2 is 1.85 bits per heavy atom. The van der Waals surface area contributed by atoms with Gasteiger partial charge in [0.25, 0.3) is 0 Å². The van der Waals surface area contributed by atoms with Crippen molar-refractivity contribution < 1.29 is 5.11 Å². The molecule has 13 heavy (non-hydrogen) atoms. The molecule has 0 unspecified atom stereocenters. The molecule has 1 nitrogen and oxygen atoms in total. The molecule has 0 aliphatic heterocycles. The molecule has 0 atom stereocenters. The first-order valence-corrected chi connectivity index (χ1v) is 4.30. The molecule has 0 aliphatic rings. The maximum atomic E-state index is 9.82. The Bertz CT molecular complexity index is 458. The van der Waals surface area contributed by atoms with E-state index >= 15 is 0 Å². The van der Waals surface area contributed by atoms with Gasteiger partial charge >= 0.3 is 0 Å². The van der Waals surface area contributed by atoms with Gasteiger partial charge in [-0.1, -0.05) is 24.3 Å². The van der Waals surface area contributed by atoms with Crippen molar-refractivity contribution in [2.45, 2.75) is 13.8 Å². The number of aryl methyl sites for hydroxylation is 1. The molecule has 0 bridgehead atoms. The second-order valence-electron chi connectivity index (χ2n) is 3.27. The molecule has 0 spiro atoms. The number of benzene rings is 2. The fourth-order valence-electron chi connectivity index (χ4n) is 1.47. The van der Waals surface area contributed by atoms with Crippen LogP contribution in [0.2, 0.25) is 0 Å². The van der Waals surface area contributed by atoms with Gasteiger partial charge < -0.3 is 5.11 Å². The van der Waals surface area contributed by atoms with Crippen LogP contribution in [0.25, 0.3) is 10.8 Å². The molecule has 1 heteroatoms. The van der Waals surface area contributed by atoms with Crippen LogP contribution in [0.15, 0.2) is 24.3 Å². The lowest BCUT2D eigenvalue weighted by Crippen LogP contribution is -1.84. The summed E-state index contributed by atoms with van der Waals surface area (Å²) in [5.74, 6) is 0.381. The molecular weight excluding hydrogens is 160 g/mol. The van der Waals surface area contributed by atoms with Gasteiger partial charge in [0.1, 0.15) is 5.75 Å². The predicted molar refractivity (Wildman–Crippen MR) is 53.9 cm³/mol. The van der Waals surface area contributed by atoms with Crippen LogP contribution in [0, 0.1) is 19.9 Å². The van der Waals surface area contributed by atoms with Crippen LogP contribution < -0.4 is 0 Å². The van der Waals surface area contributed by atoms with Crippen molar-refractivity contribution >= 4 is 10.8 Å². The highest BCUT2D eigenvalue weighted by Gasteiger charge is 2.05. The maximum absolute atomic E-state index is 9.82. The average molecular weight is 171 g/mol. The Labute approximate surface area is 77.6 Å². The zero-order valence-electron chi connectivity index (χ0n) is 7.76. The molecule has 1 radical (unpaired) electrons. The number of aromatic hydroxyl groups is 1. The van der Waals surface area contributed by atoms with Gasteiger partial charge in [-0.05, 0) is 36.4 Å². The number of phenolic OH excluding ortho intramolecular Hbond substituents is 1.